The third kappa shape index (κ3) is 3.19. The first-order valence-electron chi connectivity index (χ1n) is 6.31. The molecule has 1 heterocycles. The SMILES string of the molecule is CC(C)(C)C1CN(c2ccc(Br)c(Cl)c2)CCN1. The van der Waals surface area contributed by atoms with Crippen LogP contribution in [-0.2, 0) is 0 Å². The van der Waals surface area contributed by atoms with Crippen molar-refractivity contribution in [3.63, 3.8) is 0 Å². The van der Waals surface area contributed by atoms with Crippen molar-refractivity contribution in [3.8, 4) is 0 Å². The van der Waals surface area contributed by atoms with Gasteiger partial charge in [0.2, 0.25) is 0 Å². The standard InChI is InChI=1S/C14H20BrClN2/c1-14(2,3)13-9-18(7-6-17-13)10-4-5-11(15)12(16)8-10/h4-5,8,13,17H,6-7,9H2,1-3H3. The number of nitrogens with one attached hydrogen (secondary N) is 1. The fourth-order valence-electron chi connectivity index (χ4n) is 2.25. The van der Waals surface area contributed by atoms with Crippen molar-refractivity contribution in [2.75, 3.05) is 24.5 Å². The molecule has 100 valence electrons. The van der Waals surface area contributed by atoms with Crippen molar-refractivity contribution in [3.05, 3.63) is 27.7 Å². The van der Waals surface area contributed by atoms with E-state index in [1.807, 2.05) is 12.1 Å². The Balaban J connectivity index is 2.15. The lowest BCUT2D eigenvalue weighted by Gasteiger charge is -2.41. The number of halogens is 2. The smallest absolute Gasteiger partial charge is 0.0568 e. The summed E-state index contributed by atoms with van der Waals surface area (Å²) in [6, 6.07) is 6.69. The number of benzene rings is 1. The summed E-state index contributed by atoms with van der Waals surface area (Å²) < 4.78 is 0.954. The van der Waals surface area contributed by atoms with Gasteiger partial charge in [0.05, 0.1) is 5.02 Å². The van der Waals surface area contributed by atoms with Crippen LogP contribution in [0.2, 0.25) is 5.02 Å². The maximum Gasteiger partial charge on any atom is 0.0568 e. The molecule has 1 N–H and O–H groups in total. The Kier molecular flexibility index (Phi) is 4.25. The summed E-state index contributed by atoms with van der Waals surface area (Å²) in [4.78, 5) is 2.41. The number of hydrogen-bond acceptors (Lipinski definition) is 2. The van der Waals surface area contributed by atoms with E-state index in [-0.39, 0.29) is 5.41 Å². The molecule has 1 aliphatic rings. The number of hydrogen-bond donors (Lipinski definition) is 1. The Hall–Kier alpha value is -0.250. The second kappa shape index (κ2) is 5.40. The molecule has 1 aromatic rings. The maximum absolute atomic E-state index is 6.17. The Labute approximate surface area is 123 Å². The van der Waals surface area contributed by atoms with Crippen LogP contribution in [0.5, 0.6) is 0 Å². The number of anilines is 1. The minimum atomic E-state index is 0.276. The summed E-state index contributed by atoms with van der Waals surface area (Å²) in [7, 11) is 0. The van der Waals surface area contributed by atoms with Crippen LogP contribution in [0, 0.1) is 5.41 Å². The van der Waals surface area contributed by atoms with Gasteiger partial charge in [0.25, 0.3) is 0 Å². The Bertz CT molecular complexity index is 428. The van der Waals surface area contributed by atoms with Gasteiger partial charge in [0, 0.05) is 35.8 Å². The molecule has 0 radical (unpaired) electrons. The minimum Gasteiger partial charge on any atom is -0.369 e. The quantitative estimate of drug-likeness (QED) is 0.839. The molecule has 0 saturated carbocycles. The highest BCUT2D eigenvalue weighted by Gasteiger charge is 2.29. The summed E-state index contributed by atoms with van der Waals surface area (Å²) in [6.45, 7) is 9.93. The first-order chi connectivity index (χ1) is 8.38. The van der Waals surface area contributed by atoms with E-state index in [0.29, 0.717) is 6.04 Å². The maximum atomic E-state index is 6.17. The fraction of sp³-hybridized carbons (Fsp3) is 0.571. The lowest BCUT2D eigenvalue weighted by atomic mass is 9.85. The third-order valence-electron chi connectivity index (χ3n) is 3.49. The normalized spacial score (nSPS) is 21.2. The highest BCUT2D eigenvalue weighted by Crippen LogP contribution is 2.30. The van der Waals surface area contributed by atoms with E-state index in [2.05, 4.69) is 53.0 Å². The zero-order valence-corrected chi connectivity index (χ0v) is 13.5. The summed E-state index contributed by atoms with van der Waals surface area (Å²) in [5.41, 5.74) is 1.48. The number of nitrogens with zero attached hydrogens (tertiary/aromatic N) is 1. The molecular formula is C14H20BrClN2. The predicted octanol–water partition coefficient (Wildman–Crippen LogP) is 3.93. The molecule has 0 aromatic heterocycles. The van der Waals surface area contributed by atoms with Crippen LogP contribution in [0.1, 0.15) is 20.8 Å². The van der Waals surface area contributed by atoms with E-state index in [1.54, 1.807) is 0 Å². The average molecular weight is 332 g/mol. The van der Waals surface area contributed by atoms with Crippen molar-refractivity contribution in [1.82, 2.24) is 5.32 Å². The average Bonchev–Trinajstić information content (AvgIpc) is 2.32. The highest BCUT2D eigenvalue weighted by molar-refractivity contribution is 9.10. The molecule has 0 aliphatic carbocycles. The molecular weight excluding hydrogens is 312 g/mol. The zero-order valence-electron chi connectivity index (χ0n) is 11.1. The third-order valence-corrected chi connectivity index (χ3v) is 4.72. The van der Waals surface area contributed by atoms with E-state index in [1.165, 1.54) is 5.69 Å². The van der Waals surface area contributed by atoms with Gasteiger partial charge >= 0.3 is 0 Å². The van der Waals surface area contributed by atoms with Crippen LogP contribution < -0.4 is 10.2 Å². The lowest BCUT2D eigenvalue weighted by molar-refractivity contribution is 0.254. The molecule has 4 heteroatoms. The van der Waals surface area contributed by atoms with E-state index in [9.17, 15) is 0 Å². The first kappa shape index (κ1) is 14.2. The molecule has 1 fully saturated rings. The second-order valence-electron chi connectivity index (χ2n) is 5.92. The van der Waals surface area contributed by atoms with Crippen molar-refractivity contribution in [2.45, 2.75) is 26.8 Å². The largest absolute Gasteiger partial charge is 0.369 e. The van der Waals surface area contributed by atoms with Crippen LogP contribution in [0.3, 0.4) is 0 Å². The molecule has 1 saturated heterocycles. The van der Waals surface area contributed by atoms with Gasteiger partial charge in [-0.2, -0.15) is 0 Å². The summed E-state index contributed by atoms with van der Waals surface area (Å²) in [6.07, 6.45) is 0. The summed E-state index contributed by atoms with van der Waals surface area (Å²) in [5, 5.41) is 4.38. The van der Waals surface area contributed by atoms with Gasteiger partial charge in [-0.1, -0.05) is 32.4 Å². The summed E-state index contributed by atoms with van der Waals surface area (Å²) >= 11 is 9.60. The molecule has 1 atom stereocenters. The van der Waals surface area contributed by atoms with E-state index >= 15 is 0 Å². The van der Waals surface area contributed by atoms with Crippen molar-refractivity contribution in [1.29, 1.82) is 0 Å². The molecule has 0 spiro atoms. The summed E-state index contributed by atoms with van der Waals surface area (Å²) in [5.74, 6) is 0. The van der Waals surface area contributed by atoms with Crippen LogP contribution in [0.15, 0.2) is 22.7 Å². The van der Waals surface area contributed by atoms with Crippen LogP contribution in [-0.4, -0.2) is 25.7 Å². The van der Waals surface area contributed by atoms with Crippen molar-refractivity contribution >= 4 is 33.2 Å². The first-order valence-corrected chi connectivity index (χ1v) is 7.48. The number of rotatable bonds is 1. The van der Waals surface area contributed by atoms with Gasteiger partial charge in [-0.15, -0.1) is 0 Å². The minimum absolute atomic E-state index is 0.276. The van der Waals surface area contributed by atoms with Crippen molar-refractivity contribution < 1.29 is 0 Å². The molecule has 0 bridgehead atoms. The second-order valence-corrected chi connectivity index (χ2v) is 7.18. The van der Waals surface area contributed by atoms with Crippen LogP contribution >= 0.6 is 27.5 Å². The van der Waals surface area contributed by atoms with Gasteiger partial charge in [-0.3, -0.25) is 0 Å². The zero-order chi connectivity index (χ0) is 13.3. The molecule has 1 aliphatic heterocycles. The molecule has 1 unspecified atom stereocenters. The number of piperazine rings is 1. The molecule has 0 amide bonds. The van der Waals surface area contributed by atoms with Gasteiger partial charge in [0.15, 0.2) is 0 Å². The van der Waals surface area contributed by atoms with Gasteiger partial charge in [-0.05, 0) is 39.5 Å². The lowest BCUT2D eigenvalue weighted by Crippen LogP contribution is -2.56. The Morgan fingerprint density at radius 2 is 2.11 bits per heavy atom. The highest BCUT2D eigenvalue weighted by atomic mass is 79.9. The Morgan fingerprint density at radius 1 is 1.39 bits per heavy atom. The van der Waals surface area contributed by atoms with E-state index in [4.69, 9.17) is 11.6 Å². The van der Waals surface area contributed by atoms with Gasteiger partial charge in [0.1, 0.15) is 0 Å². The molecule has 18 heavy (non-hydrogen) atoms. The topological polar surface area (TPSA) is 15.3 Å². The predicted molar refractivity (Wildman–Crippen MR) is 82.6 cm³/mol. The van der Waals surface area contributed by atoms with Gasteiger partial charge < -0.3 is 10.2 Å². The van der Waals surface area contributed by atoms with E-state index in [0.717, 1.165) is 29.1 Å². The Morgan fingerprint density at radius 3 is 2.72 bits per heavy atom. The van der Waals surface area contributed by atoms with Gasteiger partial charge in [-0.25, -0.2) is 0 Å². The molecule has 2 nitrogen and oxygen atoms in total. The monoisotopic (exact) mass is 330 g/mol. The van der Waals surface area contributed by atoms with Crippen LogP contribution in [0.25, 0.3) is 0 Å². The van der Waals surface area contributed by atoms with E-state index < -0.39 is 0 Å². The van der Waals surface area contributed by atoms with Crippen molar-refractivity contribution in [2.24, 2.45) is 5.41 Å². The molecule has 2 rings (SSSR count). The van der Waals surface area contributed by atoms with Crippen LogP contribution in [0.4, 0.5) is 5.69 Å². The fourth-order valence-corrected chi connectivity index (χ4v) is 2.67. The molecule has 1 aromatic carbocycles.